The van der Waals surface area contributed by atoms with Crippen molar-refractivity contribution in [2.24, 2.45) is 7.05 Å². The molecule has 0 aromatic carbocycles. The third kappa shape index (κ3) is 2.63. The molecule has 0 aliphatic carbocycles. The lowest BCUT2D eigenvalue weighted by molar-refractivity contribution is 0.746. The molecule has 0 fully saturated rings. The van der Waals surface area contributed by atoms with Crippen LogP contribution < -0.4 is 5.56 Å². The van der Waals surface area contributed by atoms with Crippen LogP contribution in [0.25, 0.3) is 11.4 Å². The zero-order valence-electron chi connectivity index (χ0n) is 11.5. The first kappa shape index (κ1) is 14.0. The maximum absolute atomic E-state index is 12.0. The normalized spacial score (nSPS) is 11.3. The maximum atomic E-state index is 12.0. The molecule has 0 aliphatic rings. The van der Waals surface area contributed by atoms with Crippen LogP contribution in [0.15, 0.2) is 15.5 Å². The Morgan fingerprint density at radius 2 is 2.16 bits per heavy atom. The van der Waals surface area contributed by atoms with Crippen LogP contribution in [0.1, 0.15) is 38.1 Å². The van der Waals surface area contributed by atoms with Gasteiger partial charge in [-0.15, -0.1) is 0 Å². The molecule has 6 heteroatoms. The summed E-state index contributed by atoms with van der Waals surface area (Å²) in [5.74, 6) is 0.763. The van der Waals surface area contributed by atoms with E-state index in [0.29, 0.717) is 10.3 Å². The molecule has 0 aliphatic heterocycles. The Morgan fingerprint density at radius 1 is 1.47 bits per heavy atom. The average molecular weight is 325 g/mol. The Hall–Kier alpha value is -1.43. The number of aryl methyl sites for hydroxylation is 2. The minimum atomic E-state index is -0.153. The van der Waals surface area contributed by atoms with Crippen molar-refractivity contribution in [3.63, 3.8) is 0 Å². The summed E-state index contributed by atoms with van der Waals surface area (Å²) in [5.41, 5.74) is 2.43. The van der Waals surface area contributed by atoms with Gasteiger partial charge in [-0.1, -0.05) is 20.8 Å². The van der Waals surface area contributed by atoms with Crippen LogP contribution in [0, 0.1) is 0 Å². The first-order chi connectivity index (χ1) is 8.93. The van der Waals surface area contributed by atoms with Crippen LogP contribution in [0.3, 0.4) is 0 Å². The van der Waals surface area contributed by atoms with Gasteiger partial charge in [-0.2, -0.15) is 5.10 Å². The van der Waals surface area contributed by atoms with E-state index in [1.807, 2.05) is 34.0 Å². The molecule has 2 heterocycles. The minimum absolute atomic E-state index is 0.153. The number of hydrogen-bond donors (Lipinski definition) is 1. The van der Waals surface area contributed by atoms with Crippen molar-refractivity contribution >= 4 is 15.9 Å². The van der Waals surface area contributed by atoms with Gasteiger partial charge in [-0.05, 0) is 28.3 Å². The molecule has 2 rings (SSSR count). The molecule has 0 atom stereocenters. The van der Waals surface area contributed by atoms with E-state index in [1.165, 1.54) is 0 Å². The monoisotopic (exact) mass is 324 g/mol. The molecule has 1 N–H and O–H groups in total. The smallest absolute Gasteiger partial charge is 0.265 e. The molecule has 0 spiro atoms. The number of rotatable bonds is 3. The highest BCUT2D eigenvalue weighted by Crippen LogP contribution is 2.24. The number of nitrogens with zero attached hydrogens (tertiary/aromatic N) is 3. The number of aromatic amines is 1. The van der Waals surface area contributed by atoms with Crippen LogP contribution in [-0.4, -0.2) is 19.7 Å². The third-order valence-electron chi connectivity index (χ3n) is 2.93. The molecule has 0 saturated carbocycles. The van der Waals surface area contributed by atoms with Crippen molar-refractivity contribution in [3.05, 3.63) is 32.4 Å². The van der Waals surface area contributed by atoms with Crippen molar-refractivity contribution in [1.82, 2.24) is 19.7 Å². The zero-order chi connectivity index (χ0) is 14.2. The Bertz CT molecular complexity index is 657. The quantitative estimate of drug-likeness (QED) is 0.943. The van der Waals surface area contributed by atoms with Gasteiger partial charge in [-0.25, -0.2) is 4.98 Å². The number of halogens is 1. The van der Waals surface area contributed by atoms with E-state index in [9.17, 15) is 4.79 Å². The van der Waals surface area contributed by atoms with Gasteiger partial charge in [0.05, 0.1) is 17.0 Å². The summed E-state index contributed by atoms with van der Waals surface area (Å²) in [6.45, 7) is 6.06. The standard InChI is InChI=1S/C13H17BrN4O/c1-5-9-8(6-18(4)17-9)12-15-11(7(2)3)10(14)13(19)16-12/h6-7H,5H2,1-4H3,(H,15,16,19). The van der Waals surface area contributed by atoms with Gasteiger partial charge >= 0.3 is 0 Å². The van der Waals surface area contributed by atoms with Crippen molar-refractivity contribution in [2.45, 2.75) is 33.1 Å². The molecule has 0 unspecified atom stereocenters. The summed E-state index contributed by atoms with van der Waals surface area (Å²) in [6.07, 6.45) is 2.68. The summed E-state index contributed by atoms with van der Waals surface area (Å²) < 4.78 is 2.25. The Kier molecular flexibility index (Phi) is 3.89. The largest absolute Gasteiger partial charge is 0.305 e. The first-order valence-electron chi connectivity index (χ1n) is 6.26. The van der Waals surface area contributed by atoms with Gasteiger partial charge in [0, 0.05) is 13.2 Å². The van der Waals surface area contributed by atoms with Crippen LogP contribution in [-0.2, 0) is 13.5 Å². The minimum Gasteiger partial charge on any atom is -0.305 e. The molecule has 0 amide bonds. The molecular weight excluding hydrogens is 308 g/mol. The lowest BCUT2D eigenvalue weighted by Crippen LogP contribution is -2.14. The molecule has 0 bridgehead atoms. The molecular formula is C13H17BrN4O. The van der Waals surface area contributed by atoms with Crippen LogP contribution >= 0.6 is 15.9 Å². The molecule has 5 nitrogen and oxygen atoms in total. The second-order valence-corrected chi connectivity index (χ2v) is 5.58. The van der Waals surface area contributed by atoms with Crippen LogP contribution in [0.4, 0.5) is 0 Å². The van der Waals surface area contributed by atoms with E-state index < -0.39 is 0 Å². The highest BCUT2D eigenvalue weighted by Gasteiger charge is 2.16. The number of H-pyrrole nitrogens is 1. The van der Waals surface area contributed by atoms with Gasteiger partial charge in [0.2, 0.25) is 0 Å². The fourth-order valence-electron chi connectivity index (χ4n) is 1.98. The van der Waals surface area contributed by atoms with Crippen molar-refractivity contribution in [3.8, 4) is 11.4 Å². The van der Waals surface area contributed by atoms with E-state index in [0.717, 1.165) is 23.4 Å². The fourth-order valence-corrected chi connectivity index (χ4v) is 2.63. The van der Waals surface area contributed by atoms with Crippen molar-refractivity contribution in [1.29, 1.82) is 0 Å². The van der Waals surface area contributed by atoms with Crippen molar-refractivity contribution < 1.29 is 0 Å². The SMILES string of the molecule is CCc1nn(C)cc1-c1nc(C(C)C)c(Br)c(=O)[nH]1. The van der Waals surface area contributed by atoms with Gasteiger partial charge < -0.3 is 4.98 Å². The lowest BCUT2D eigenvalue weighted by Gasteiger charge is -2.09. The first-order valence-corrected chi connectivity index (χ1v) is 7.06. The summed E-state index contributed by atoms with van der Waals surface area (Å²) in [4.78, 5) is 19.4. The predicted octanol–water partition coefficient (Wildman–Crippen LogP) is 2.62. The number of nitrogens with one attached hydrogen (secondary N) is 1. The number of hydrogen-bond acceptors (Lipinski definition) is 3. The molecule has 2 aromatic heterocycles. The van der Waals surface area contributed by atoms with Crippen LogP contribution in [0.2, 0.25) is 0 Å². The topological polar surface area (TPSA) is 63.6 Å². The fraction of sp³-hybridized carbons (Fsp3) is 0.462. The molecule has 0 radical (unpaired) electrons. The lowest BCUT2D eigenvalue weighted by atomic mass is 10.1. The Morgan fingerprint density at radius 3 is 2.74 bits per heavy atom. The molecule has 19 heavy (non-hydrogen) atoms. The summed E-state index contributed by atoms with van der Waals surface area (Å²) in [5, 5.41) is 4.38. The van der Waals surface area contributed by atoms with Crippen molar-refractivity contribution in [2.75, 3.05) is 0 Å². The van der Waals surface area contributed by atoms with E-state index in [-0.39, 0.29) is 11.5 Å². The highest BCUT2D eigenvalue weighted by atomic mass is 79.9. The Balaban J connectivity index is 2.66. The second-order valence-electron chi connectivity index (χ2n) is 4.79. The third-order valence-corrected chi connectivity index (χ3v) is 3.70. The van der Waals surface area contributed by atoms with E-state index in [1.54, 1.807) is 4.68 Å². The molecule has 102 valence electrons. The zero-order valence-corrected chi connectivity index (χ0v) is 13.1. The van der Waals surface area contributed by atoms with Gasteiger partial charge in [0.25, 0.3) is 5.56 Å². The van der Waals surface area contributed by atoms with E-state index in [2.05, 4.69) is 31.0 Å². The summed E-state index contributed by atoms with van der Waals surface area (Å²) >= 11 is 3.30. The predicted molar refractivity (Wildman–Crippen MR) is 78.2 cm³/mol. The average Bonchev–Trinajstić information content (AvgIpc) is 2.73. The number of aromatic nitrogens is 4. The van der Waals surface area contributed by atoms with E-state index in [4.69, 9.17) is 0 Å². The van der Waals surface area contributed by atoms with Gasteiger partial charge in [0.15, 0.2) is 0 Å². The molecule has 2 aromatic rings. The molecule has 0 saturated heterocycles. The summed E-state index contributed by atoms with van der Waals surface area (Å²) in [7, 11) is 1.86. The highest BCUT2D eigenvalue weighted by molar-refractivity contribution is 9.10. The van der Waals surface area contributed by atoms with E-state index >= 15 is 0 Å². The second kappa shape index (κ2) is 5.28. The van der Waals surface area contributed by atoms with Crippen LogP contribution in [0.5, 0.6) is 0 Å². The van der Waals surface area contributed by atoms with Gasteiger partial charge in [-0.3, -0.25) is 9.48 Å². The van der Waals surface area contributed by atoms with Gasteiger partial charge in [0.1, 0.15) is 10.3 Å². The Labute approximate surface area is 120 Å². The maximum Gasteiger partial charge on any atom is 0.265 e. The summed E-state index contributed by atoms with van der Waals surface area (Å²) in [6, 6.07) is 0.